The number of piperidine rings is 1. The molecule has 16 heteroatoms. The first kappa shape index (κ1) is 31.8. The van der Waals surface area contributed by atoms with Crippen LogP contribution in [0.4, 0.5) is 0 Å². The molecule has 1 fully saturated rings. The molecule has 3 N–H and O–H groups in total. The van der Waals surface area contributed by atoms with Crippen molar-refractivity contribution in [1.29, 1.82) is 0 Å². The Hall–Kier alpha value is -2.72. The highest BCUT2D eigenvalue weighted by molar-refractivity contribution is 7.87. The lowest BCUT2D eigenvalue weighted by atomic mass is 10.2. The highest BCUT2D eigenvalue weighted by Crippen LogP contribution is 2.33. The Bertz CT molecular complexity index is 1560. The van der Waals surface area contributed by atoms with E-state index in [-0.39, 0.29) is 23.1 Å². The number of nitrogens with zero attached hydrogens (tertiary/aromatic N) is 3. The van der Waals surface area contributed by atoms with Crippen LogP contribution < -0.4 is 9.61 Å². The third kappa shape index (κ3) is 8.89. The second-order valence-electron chi connectivity index (χ2n) is 8.69. The SMILES string of the molecule is CCS(=O)(=O)Oc1ccc(-n2c(-c3ccc(Cl)cc3Cl)nc(C(=O)NN3CCCCC3)c2C)cc1.O=S(=O)(O)O. The number of rotatable bonds is 7. The number of carbonyl (C=O) groups is 1. The molecule has 4 rings (SSSR count). The topological polar surface area (TPSA) is 168 Å². The molecule has 3 aromatic rings. The number of hydrogen-bond donors (Lipinski definition) is 3. The number of aromatic nitrogens is 2. The van der Waals surface area contributed by atoms with E-state index in [4.69, 9.17) is 44.9 Å². The van der Waals surface area contributed by atoms with Gasteiger partial charge in [-0.05, 0) is 69.2 Å². The summed E-state index contributed by atoms with van der Waals surface area (Å²) in [6, 6.07) is 11.6. The number of imidazole rings is 1. The van der Waals surface area contributed by atoms with Gasteiger partial charge in [-0.1, -0.05) is 29.6 Å². The predicted molar refractivity (Wildman–Crippen MR) is 151 cm³/mol. The van der Waals surface area contributed by atoms with Crippen molar-refractivity contribution in [2.75, 3.05) is 18.8 Å². The van der Waals surface area contributed by atoms with E-state index < -0.39 is 20.5 Å². The summed E-state index contributed by atoms with van der Waals surface area (Å²) in [4.78, 5) is 17.9. The molecule has 0 spiro atoms. The molecule has 0 bridgehead atoms. The Morgan fingerprint density at radius 2 is 1.62 bits per heavy atom. The fraction of sp³-hybridized carbons (Fsp3) is 0.333. The largest absolute Gasteiger partial charge is 0.394 e. The molecule has 2 heterocycles. The minimum atomic E-state index is -4.67. The number of hydrazine groups is 1. The van der Waals surface area contributed by atoms with Crippen LogP contribution >= 0.6 is 23.2 Å². The van der Waals surface area contributed by atoms with Gasteiger partial charge in [0.25, 0.3) is 5.91 Å². The molecule has 1 saturated heterocycles. The smallest absolute Gasteiger partial charge is 0.382 e. The molecule has 1 aromatic heterocycles. The first-order valence-electron chi connectivity index (χ1n) is 12.0. The van der Waals surface area contributed by atoms with E-state index in [1.165, 1.54) is 6.92 Å². The third-order valence-electron chi connectivity index (χ3n) is 5.78. The van der Waals surface area contributed by atoms with Gasteiger partial charge < -0.3 is 4.18 Å². The monoisotopic (exact) mass is 634 g/mol. The average molecular weight is 636 g/mol. The maximum atomic E-state index is 13.2. The first-order valence-corrected chi connectivity index (χ1v) is 15.7. The second kappa shape index (κ2) is 13.3. The molecule has 218 valence electrons. The van der Waals surface area contributed by atoms with Crippen LogP contribution in [0.15, 0.2) is 42.5 Å². The zero-order valence-electron chi connectivity index (χ0n) is 21.5. The summed E-state index contributed by atoms with van der Waals surface area (Å²) in [5.74, 6) is 0.221. The molecule has 40 heavy (non-hydrogen) atoms. The first-order chi connectivity index (χ1) is 18.7. The Morgan fingerprint density at radius 3 is 2.17 bits per heavy atom. The van der Waals surface area contributed by atoms with Gasteiger partial charge in [0.05, 0.1) is 16.5 Å². The molecule has 2 aromatic carbocycles. The van der Waals surface area contributed by atoms with E-state index in [1.54, 1.807) is 54.0 Å². The maximum Gasteiger partial charge on any atom is 0.394 e. The predicted octanol–water partition coefficient (Wildman–Crippen LogP) is 4.36. The fourth-order valence-corrected chi connectivity index (χ4v) is 4.96. The van der Waals surface area contributed by atoms with Crippen molar-refractivity contribution in [2.45, 2.75) is 33.1 Å². The van der Waals surface area contributed by atoms with Gasteiger partial charge in [-0.3, -0.25) is 23.9 Å². The van der Waals surface area contributed by atoms with Crippen LogP contribution in [-0.4, -0.2) is 65.3 Å². The Kier molecular flexibility index (Phi) is 10.6. The molecule has 1 amide bonds. The normalized spacial score (nSPS) is 14.2. The van der Waals surface area contributed by atoms with Crippen LogP contribution in [0, 0.1) is 6.92 Å². The lowest BCUT2D eigenvalue weighted by molar-refractivity contribution is 0.0744. The van der Waals surface area contributed by atoms with Crippen LogP contribution in [0.2, 0.25) is 10.0 Å². The van der Waals surface area contributed by atoms with E-state index >= 15 is 0 Å². The Labute approximate surface area is 242 Å². The molecule has 0 saturated carbocycles. The van der Waals surface area contributed by atoms with Gasteiger partial charge >= 0.3 is 20.5 Å². The third-order valence-corrected chi connectivity index (χ3v) is 7.48. The number of halogens is 2. The second-order valence-corrected chi connectivity index (χ2v) is 12.3. The summed E-state index contributed by atoms with van der Waals surface area (Å²) in [6.07, 6.45) is 3.21. The number of carbonyl (C=O) groups excluding carboxylic acids is 1. The van der Waals surface area contributed by atoms with Gasteiger partial charge in [-0.15, -0.1) is 0 Å². The Balaban J connectivity index is 0.000000810. The molecular formula is C24H28Cl2N4O8S2. The lowest BCUT2D eigenvalue weighted by Crippen LogP contribution is -2.45. The minimum Gasteiger partial charge on any atom is -0.382 e. The van der Waals surface area contributed by atoms with Crippen molar-refractivity contribution in [2.24, 2.45) is 0 Å². The van der Waals surface area contributed by atoms with E-state index in [1.807, 2.05) is 5.01 Å². The summed E-state index contributed by atoms with van der Waals surface area (Å²) in [7, 11) is -8.31. The van der Waals surface area contributed by atoms with E-state index in [2.05, 4.69) is 10.4 Å². The molecule has 0 unspecified atom stereocenters. The van der Waals surface area contributed by atoms with Crippen molar-refractivity contribution >= 4 is 49.6 Å². The summed E-state index contributed by atoms with van der Waals surface area (Å²) in [5, 5.41) is 2.79. The summed E-state index contributed by atoms with van der Waals surface area (Å²) in [5.41, 5.74) is 5.10. The number of hydrogen-bond acceptors (Lipinski definition) is 8. The minimum absolute atomic E-state index is 0.135. The van der Waals surface area contributed by atoms with Crippen LogP contribution in [0.5, 0.6) is 5.75 Å². The van der Waals surface area contributed by atoms with Crippen molar-refractivity contribution in [1.82, 2.24) is 20.0 Å². The summed E-state index contributed by atoms with van der Waals surface area (Å²) < 4.78 is 62.1. The summed E-state index contributed by atoms with van der Waals surface area (Å²) in [6.45, 7) is 4.90. The molecule has 0 aliphatic carbocycles. The van der Waals surface area contributed by atoms with Crippen molar-refractivity contribution in [3.63, 3.8) is 0 Å². The van der Waals surface area contributed by atoms with Gasteiger partial charge in [-0.2, -0.15) is 16.8 Å². The number of benzene rings is 2. The summed E-state index contributed by atoms with van der Waals surface area (Å²) >= 11 is 12.6. The zero-order chi connectivity index (χ0) is 29.7. The van der Waals surface area contributed by atoms with Crippen molar-refractivity contribution < 1.29 is 34.9 Å². The zero-order valence-corrected chi connectivity index (χ0v) is 24.7. The van der Waals surface area contributed by atoms with Gasteiger partial charge in [-0.25, -0.2) is 9.99 Å². The van der Waals surface area contributed by atoms with Gasteiger partial charge in [0.2, 0.25) is 0 Å². The quantitative estimate of drug-likeness (QED) is 0.251. The standard InChI is InChI=1S/C24H26Cl2N4O4S.H2O4S/c1-3-35(32,33)34-19-10-8-18(9-11-19)30-16(2)22(24(31)28-29-13-5-4-6-14-29)27-23(30)20-12-7-17(25)15-21(20)26;1-5(2,3)4/h7-12,15H,3-6,13-14H2,1-2H3,(H,28,31);(H2,1,2,3,4). The van der Waals surface area contributed by atoms with Crippen molar-refractivity contribution in [3.05, 3.63) is 63.9 Å². The molecule has 0 atom stereocenters. The molecule has 1 aliphatic heterocycles. The lowest BCUT2D eigenvalue weighted by Gasteiger charge is -2.26. The number of amides is 1. The average Bonchev–Trinajstić information content (AvgIpc) is 3.21. The van der Waals surface area contributed by atoms with Gasteiger partial charge in [0.15, 0.2) is 5.69 Å². The van der Waals surface area contributed by atoms with Crippen LogP contribution in [0.1, 0.15) is 42.4 Å². The number of nitrogens with one attached hydrogen (secondary N) is 1. The highest BCUT2D eigenvalue weighted by Gasteiger charge is 2.25. The van der Waals surface area contributed by atoms with Gasteiger partial charge in [0, 0.05) is 29.4 Å². The Morgan fingerprint density at radius 1 is 1.02 bits per heavy atom. The fourth-order valence-electron chi connectivity index (χ4n) is 3.94. The van der Waals surface area contributed by atoms with E-state index in [9.17, 15) is 13.2 Å². The van der Waals surface area contributed by atoms with E-state index in [0.717, 1.165) is 32.4 Å². The molecule has 0 radical (unpaired) electrons. The van der Waals surface area contributed by atoms with Crippen LogP contribution in [-0.2, 0) is 20.5 Å². The molecule has 12 nitrogen and oxygen atoms in total. The van der Waals surface area contributed by atoms with Crippen LogP contribution in [0.25, 0.3) is 17.1 Å². The molecule has 1 aliphatic rings. The highest BCUT2D eigenvalue weighted by atomic mass is 35.5. The molecular weight excluding hydrogens is 607 g/mol. The van der Waals surface area contributed by atoms with Crippen molar-refractivity contribution in [3.8, 4) is 22.8 Å². The van der Waals surface area contributed by atoms with Gasteiger partial charge in [0.1, 0.15) is 11.6 Å². The van der Waals surface area contributed by atoms with E-state index in [0.29, 0.717) is 32.8 Å². The maximum absolute atomic E-state index is 13.2. The van der Waals surface area contributed by atoms with Crippen LogP contribution in [0.3, 0.4) is 0 Å².